The summed E-state index contributed by atoms with van der Waals surface area (Å²) in [4.78, 5) is 23.8. The Kier molecular flexibility index (Phi) is 6.69. The third kappa shape index (κ3) is 4.65. The van der Waals surface area contributed by atoms with Crippen LogP contribution in [0.5, 0.6) is 0 Å². The van der Waals surface area contributed by atoms with Gasteiger partial charge in [-0.2, -0.15) is 0 Å². The van der Waals surface area contributed by atoms with E-state index >= 15 is 0 Å². The summed E-state index contributed by atoms with van der Waals surface area (Å²) in [6.07, 6.45) is 8.40. The van der Waals surface area contributed by atoms with Crippen molar-refractivity contribution in [3.63, 3.8) is 0 Å². The lowest BCUT2D eigenvalue weighted by Gasteiger charge is -2.34. The summed E-state index contributed by atoms with van der Waals surface area (Å²) in [5.74, 6) is 1.33. The molecule has 1 fully saturated rings. The maximum absolute atomic E-state index is 11.4. The number of rotatable bonds is 7. The summed E-state index contributed by atoms with van der Waals surface area (Å²) in [5.41, 5.74) is 0.765. The van der Waals surface area contributed by atoms with Crippen molar-refractivity contribution in [3.05, 3.63) is 46.8 Å². The molecule has 1 aromatic carbocycles. The van der Waals surface area contributed by atoms with Gasteiger partial charge in [0.1, 0.15) is 0 Å². The SMILES string of the molecule is O=CN(CCCC1CCCN(c2nccnc2Cl)C1)c1ccccc1Cl. The van der Waals surface area contributed by atoms with E-state index in [1.54, 1.807) is 23.4 Å². The van der Waals surface area contributed by atoms with Crippen LogP contribution >= 0.6 is 23.2 Å². The number of carbonyl (C=O) groups is 1. The minimum absolute atomic E-state index is 0.457. The van der Waals surface area contributed by atoms with Gasteiger partial charge in [0, 0.05) is 32.0 Å². The first kappa shape index (κ1) is 18.9. The number of amides is 1. The van der Waals surface area contributed by atoms with E-state index < -0.39 is 0 Å². The molecule has 1 aliphatic rings. The molecule has 1 amide bonds. The first-order chi connectivity index (χ1) is 12.7. The summed E-state index contributed by atoms with van der Waals surface area (Å²) < 4.78 is 0. The fourth-order valence-electron chi connectivity index (χ4n) is 3.48. The van der Waals surface area contributed by atoms with Crippen molar-refractivity contribution in [2.45, 2.75) is 25.7 Å². The Morgan fingerprint density at radius 3 is 2.81 bits per heavy atom. The number of anilines is 2. The molecule has 3 rings (SSSR count). The third-order valence-corrected chi connectivity index (χ3v) is 5.34. The van der Waals surface area contributed by atoms with Crippen LogP contribution in [0.3, 0.4) is 0 Å². The first-order valence-corrected chi connectivity index (χ1v) is 9.62. The van der Waals surface area contributed by atoms with Gasteiger partial charge in [0.25, 0.3) is 0 Å². The van der Waals surface area contributed by atoms with Crippen LogP contribution in [0.1, 0.15) is 25.7 Å². The highest BCUT2D eigenvalue weighted by Gasteiger charge is 2.23. The molecule has 2 aromatic rings. The molecule has 2 heterocycles. The molecule has 0 N–H and O–H groups in total. The number of para-hydroxylation sites is 1. The van der Waals surface area contributed by atoms with Crippen molar-refractivity contribution in [2.24, 2.45) is 5.92 Å². The van der Waals surface area contributed by atoms with Crippen molar-refractivity contribution in [2.75, 3.05) is 29.4 Å². The van der Waals surface area contributed by atoms with Crippen LogP contribution in [0.2, 0.25) is 10.2 Å². The topological polar surface area (TPSA) is 49.3 Å². The van der Waals surface area contributed by atoms with E-state index in [9.17, 15) is 4.79 Å². The maximum Gasteiger partial charge on any atom is 0.214 e. The van der Waals surface area contributed by atoms with E-state index in [0.717, 1.165) is 50.3 Å². The number of benzene rings is 1. The molecule has 0 aliphatic carbocycles. The zero-order valence-corrected chi connectivity index (χ0v) is 16.0. The van der Waals surface area contributed by atoms with Crippen molar-refractivity contribution in [1.29, 1.82) is 0 Å². The van der Waals surface area contributed by atoms with Gasteiger partial charge in [-0.1, -0.05) is 35.3 Å². The number of carbonyl (C=O) groups excluding carboxylic acids is 1. The summed E-state index contributed by atoms with van der Waals surface area (Å²) in [6, 6.07) is 7.43. The Morgan fingerprint density at radius 1 is 1.23 bits per heavy atom. The van der Waals surface area contributed by atoms with E-state index in [-0.39, 0.29) is 0 Å². The van der Waals surface area contributed by atoms with Gasteiger partial charge in [-0.3, -0.25) is 4.79 Å². The summed E-state index contributed by atoms with van der Waals surface area (Å²) in [6.45, 7) is 2.54. The number of hydrogen-bond acceptors (Lipinski definition) is 4. The minimum atomic E-state index is 0.457. The smallest absolute Gasteiger partial charge is 0.214 e. The molecule has 1 unspecified atom stereocenters. The zero-order valence-electron chi connectivity index (χ0n) is 14.5. The molecular weight excluding hydrogens is 371 g/mol. The largest absolute Gasteiger partial charge is 0.354 e. The fraction of sp³-hybridized carbons (Fsp3) is 0.421. The Hall–Kier alpha value is -1.85. The normalized spacial score (nSPS) is 17.2. The second-order valence-corrected chi connectivity index (χ2v) is 7.28. The van der Waals surface area contributed by atoms with Crippen molar-refractivity contribution in [1.82, 2.24) is 9.97 Å². The lowest BCUT2D eigenvalue weighted by Crippen LogP contribution is -2.36. The van der Waals surface area contributed by atoms with Gasteiger partial charge < -0.3 is 9.80 Å². The van der Waals surface area contributed by atoms with Crippen molar-refractivity contribution >= 4 is 41.1 Å². The molecule has 1 aromatic heterocycles. The van der Waals surface area contributed by atoms with Crippen LogP contribution in [0, 0.1) is 5.92 Å². The molecule has 138 valence electrons. The summed E-state index contributed by atoms with van der Waals surface area (Å²) in [7, 11) is 0. The number of piperidine rings is 1. The molecule has 1 aliphatic heterocycles. The van der Waals surface area contributed by atoms with Gasteiger partial charge in [0.05, 0.1) is 10.7 Å². The zero-order chi connectivity index (χ0) is 18.4. The molecule has 7 heteroatoms. The molecule has 1 saturated heterocycles. The van der Waals surface area contributed by atoms with Crippen LogP contribution in [0.25, 0.3) is 0 Å². The Balaban J connectivity index is 1.54. The molecule has 0 spiro atoms. The molecule has 0 saturated carbocycles. The standard InChI is InChI=1S/C19H22Cl2N4O/c20-16-7-1-2-8-17(16)25(14-26)12-4-6-15-5-3-11-24(13-15)19-18(21)22-9-10-23-19/h1-2,7-10,14-15H,3-6,11-13H2. The average Bonchev–Trinajstić information content (AvgIpc) is 2.67. The van der Waals surface area contributed by atoms with E-state index in [0.29, 0.717) is 22.6 Å². The molecular formula is C19H22Cl2N4O. The van der Waals surface area contributed by atoms with Gasteiger partial charge >= 0.3 is 0 Å². The highest BCUT2D eigenvalue weighted by Crippen LogP contribution is 2.29. The van der Waals surface area contributed by atoms with E-state index in [1.165, 1.54) is 6.42 Å². The predicted molar refractivity (Wildman–Crippen MR) is 106 cm³/mol. The van der Waals surface area contributed by atoms with Gasteiger partial charge in [0.2, 0.25) is 6.41 Å². The van der Waals surface area contributed by atoms with Gasteiger partial charge in [-0.25, -0.2) is 9.97 Å². The average molecular weight is 393 g/mol. The summed E-state index contributed by atoms with van der Waals surface area (Å²) >= 11 is 12.4. The molecule has 26 heavy (non-hydrogen) atoms. The van der Waals surface area contributed by atoms with Crippen molar-refractivity contribution in [3.8, 4) is 0 Å². The maximum atomic E-state index is 11.4. The number of nitrogens with zero attached hydrogens (tertiary/aromatic N) is 4. The Morgan fingerprint density at radius 2 is 2.04 bits per heavy atom. The third-order valence-electron chi connectivity index (χ3n) is 4.75. The van der Waals surface area contributed by atoms with Gasteiger partial charge in [-0.15, -0.1) is 0 Å². The Bertz CT molecular complexity index is 743. The first-order valence-electron chi connectivity index (χ1n) is 8.87. The van der Waals surface area contributed by atoms with Crippen LogP contribution in [0.4, 0.5) is 11.5 Å². The highest BCUT2D eigenvalue weighted by atomic mass is 35.5. The lowest BCUT2D eigenvalue weighted by atomic mass is 9.93. The fourth-order valence-corrected chi connectivity index (χ4v) is 3.95. The molecule has 0 bridgehead atoms. The quantitative estimate of drug-likeness (QED) is 0.653. The highest BCUT2D eigenvalue weighted by molar-refractivity contribution is 6.33. The second-order valence-electron chi connectivity index (χ2n) is 6.52. The van der Waals surface area contributed by atoms with E-state index in [2.05, 4.69) is 14.9 Å². The van der Waals surface area contributed by atoms with E-state index in [1.807, 2.05) is 18.2 Å². The monoisotopic (exact) mass is 392 g/mol. The molecule has 1 atom stereocenters. The number of aromatic nitrogens is 2. The van der Waals surface area contributed by atoms with E-state index in [4.69, 9.17) is 23.2 Å². The minimum Gasteiger partial charge on any atom is -0.354 e. The number of halogens is 2. The van der Waals surface area contributed by atoms with Gasteiger partial charge in [-0.05, 0) is 43.7 Å². The lowest BCUT2D eigenvalue weighted by molar-refractivity contribution is -0.107. The van der Waals surface area contributed by atoms with Crippen LogP contribution in [-0.4, -0.2) is 36.0 Å². The summed E-state index contributed by atoms with van der Waals surface area (Å²) in [5, 5.41) is 1.06. The van der Waals surface area contributed by atoms with Crippen LogP contribution in [0.15, 0.2) is 36.7 Å². The second kappa shape index (κ2) is 9.19. The molecule has 0 radical (unpaired) electrons. The van der Waals surface area contributed by atoms with Crippen LogP contribution < -0.4 is 9.80 Å². The Labute approximate surface area is 163 Å². The molecule has 5 nitrogen and oxygen atoms in total. The predicted octanol–water partition coefficient (Wildman–Crippen LogP) is 4.44. The van der Waals surface area contributed by atoms with Crippen molar-refractivity contribution < 1.29 is 4.79 Å². The van der Waals surface area contributed by atoms with Crippen LogP contribution in [-0.2, 0) is 4.79 Å². The van der Waals surface area contributed by atoms with Gasteiger partial charge in [0.15, 0.2) is 11.0 Å². The number of hydrogen-bond donors (Lipinski definition) is 0.